The van der Waals surface area contributed by atoms with Gasteiger partial charge in [-0.2, -0.15) is 5.10 Å². The Bertz CT molecular complexity index is 1700. The number of aromatic nitrogens is 5. The molecule has 0 aliphatic carbocycles. The molecule has 2 N–H and O–H groups in total. The summed E-state index contributed by atoms with van der Waals surface area (Å²) in [5.41, 5.74) is 1.19. The molecule has 5 aromatic rings. The summed E-state index contributed by atoms with van der Waals surface area (Å²) in [6.45, 7) is 1.89. The lowest BCUT2D eigenvalue weighted by molar-refractivity contribution is 0.0471. The number of fused-ring (bicyclic) bond motifs is 2. The van der Waals surface area contributed by atoms with Gasteiger partial charge in [0.15, 0.2) is 0 Å². The molecular formula is C26H24F2N6O3. The number of esters is 1. The van der Waals surface area contributed by atoms with E-state index in [1.807, 2.05) is 19.0 Å². The number of halogens is 2. The Labute approximate surface area is 209 Å². The molecule has 0 unspecified atom stereocenters. The van der Waals surface area contributed by atoms with Gasteiger partial charge < -0.3 is 19.2 Å². The van der Waals surface area contributed by atoms with E-state index in [1.54, 1.807) is 24.4 Å². The molecule has 0 aliphatic rings. The second-order valence-electron chi connectivity index (χ2n) is 8.99. The van der Waals surface area contributed by atoms with E-state index in [4.69, 9.17) is 4.74 Å². The van der Waals surface area contributed by atoms with Crippen LogP contribution in [0.3, 0.4) is 0 Å². The second kappa shape index (κ2) is 9.58. The lowest BCUT2D eigenvalue weighted by Crippen LogP contribution is -2.22. The fourth-order valence-electron chi connectivity index (χ4n) is 4.27. The maximum atomic E-state index is 15.1. The molecule has 190 valence electrons. The zero-order valence-corrected chi connectivity index (χ0v) is 20.4. The van der Waals surface area contributed by atoms with Gasteiger partial charge in [-0.1, -0.05) is 0 Å². The number of aromatic amines is 2. The van der Waals surface area contributed by atoms with Gasteiger partial charge in [-0.3, -0.25) is 9.89 Å². The van der Waals surface area contributed by atoms with Gasteiger partial charge in [0, 0.05) is 35.3 Å². The van der Waals surface area contributed by atoms with E-state index in [2.05, 4.69) is 20.2 Å². The van der Waals surface area contributed by atoms with Crippen molar-refractivity contribution >= 4 is 27.9 Å². The van der Waals surface area contributed by atoms with Crippen LogP contribution in [-0.4, -0.2) is 62.8 Å². The molecule has 5 rings (SSSR count). The van der Waals surface area contributed by atoms with Crippen LogP contribution in [-0.2, 0) is 11.3 Å². The highest BCUT2D eigenvalue weighted by Crippen LogP contribution is 2.35. The minimum Gasteiger partial charge on any atom is -0.460 e. The van der Waals surface area contributed by atoms with Gasteiger partial charge in [0.25, 0.3) is 5.56 Å². The molecule has 11 heteroatoms. The van der Waals surface area contributed by atoms with E-state index in [1.165, 1.54) is 29.8 Å². The van der Waals surface area contributed by atoms with Crippen molar-refractivity contribution in [2.24, 2.45) is 0 Å². The second-order valence-corrected chi connectivity index (χ2v) is 8.99. The summed E-state index contributed by atoms with van der Waals surface area (Å²) in [5.74, 6) is -1.87. The zero-order chi connectivity index (χ0) is 26.3. The quantitative estimate of drug-likeness (QED) is 0.327. The van der Waals surface area contributed by atoms with E-state index >= 15 is 4.39 Å². The first-order valence-corrected chi connectivity index (χ1v) is 11.6. The molecule has 0 spiro atoms. The predicted octanol–water partition coefficient (Wildman–Crippen LogP) is 3.62. The molecule has 1 aromatic carbocycles. The number of H-pyrrole nitrogens is 2. The molecule has 0 bridgehead atoms. The molecule has 0 aliphatic heterocycles. The third-order valence-corrected chi connectivity index (χ3v) is 6.15. The van der Waals surface area contributed by atoms with Gasteiger partial charge in [0.05, 0.1) is 40.5 Å². The van der Waals surface area contributed by atoms with Crippen LogP contribution in [0.25, 0.3) is 33.1 Å². The van der Waals surface area contributed by atoms with E-state index in [-0.39, 0.29) is 52.3 Å². The van der Waals surface area contributed by atoms with Gasteiger partial charge in [0.2, 0.25) is 0 Å². The summed E-state index contributed by atoms with van der Waals surface area (Å²) < 4.78 is 36.9. The number of carbonyl (C=O) groups excluding carboxylic acids is 1. The van der Waals surface area contributed by atoms with Crippen molar-refractivity contribution < 1.29 is 18.3 Å². The number of pyridine rings is 2. The standard InChI is InChI=1S/C26H24F2N6O3/c1-14-18(27)11-21-23(31-14)22(17-5-4-6-29-25(17)35)24(26(36)37-8-7-33(2)3)34(21)13-16-9-15-12-30-32-20(15)10-19(16)28/h4-6,9-12H,7-8,13H2,1-3H3,(H,29,35)(H,30,32). The number of hydrogen-bond acceptors (Lipinski definition) is 6. The van der Waals surface area contributed by atoms with Crippen molar-refractivity contribution in [2.75, 3.05) is 27.2 Å². The Morgan fingerprint density at radius 2 is 2.00 bits per heavy atom. The van der Waals surface area contributed by atoms with Crippen LogP contribution in [0.2, 0.25) is 0 Å². The first kappa shape index (κ1) is 24.3. The Hall–Kier alpha value is -4.38. The number of likely N-dealkylation sites (N-methyl/N-ethyl adjacent to an activating group) is 1. The van der Waals surface area contributed by atoms with Crippen LogP contribution in [0.4, 0.5) is 8.78 Å². The van der Waals surface area contributed by atoms with Crippen molar-refractivity contribution in [3.8, 4) is 11.1 Å². The number of benzene rings is 1. The summed E-state index contributed by atoms with van der Waals surface area (Å²) in [6, 6.07) is 7.32. The van der Waals surface area contributed by atoms with Gasteiger partial charge in [0.1, 0.15) is 23.9 Å². The number of nitrogens with one attached hydrogen (secondary N) is 2. The Kier molecular flexibility index (Phi) is 6.30. The van der Waals surface area contributed by atoms with E-state index in [9.17, 15) is 14.0 Å². The molecule has 37 heavy (non-hydrogen) atoms. The van der Waals surface area contributed by atoms with Crippen LogP contribution in [0.5, 0.6) is 0 Å². The van der Waals surface area contributed by atoms with Crippen molar-refractivity contribution in [3.05, 3.63) is 81.7 Å². The van der Waals surface area contributed by atoms with Crippen molar-refractivity contribution in [3.63, 3.8) is 0 Å². The third kappa shape index (κ3) is 4.49. The van der Waals surface area contributed by atoms with E-state index < -0.39 is 23.2 Å². The van der Waals surface area contributed by atoms with Crippen molar-refractivity contribution in [2.45, 2.75) is 13.5 Å². The highest BCUT2D eigenvalue weighted by molar-refractivity contribution is 6.07. The highest BCUT2D eigenvalue weighted by Gasteiger charge is 2.29. The molecule has 0 amide bonds. The average Bonchev–Trinajstić information content (AvgIpc) is 3.42. The summed E-state index contributed by atoms with van der Waals surface area (Å²) in [4.78, 5) is 35.2. The Morgan fingerprint density at radius 1 is 1.19 bits per heavy atom. The molecule has 0 saturated carbocycles. The normalized spacial score (nSPS) is 11.6. The van der Waals surface area contributed by atoms with E-state index in [0.717, 1.165) is 0 Å². The summed E-state index contributed by atoms with van der Waals surface area (Å²) >= 11 is 0. The monoisotopic (exact) mass is 506 g/mol. The first-order valence-electron chi connectivity index (χ1n) is 11.6. The summed E-state index contributed by atoms with van der Waals surface area (Å²) in [7, 11) is 3.67. The zero-order valence-electron chi connectivity index (χ0n) is 20.4. The molecule has 4 aromatic heterocycles. The van der Waals surface area contributed by atoms with E-state index in [0.29, 0.717) is 17.4 Å². The maximum Gasteiger partial charge on any atom is 0.355 e. The van der Waals surface area contributed by atoms with Gasteiger partial charge in [-0.25, -0.2) is 18.6 Å². The van der Waals surface area contributed by atoms with Gasteiger partial charge >= 0.3 is 5.97 Å². The van der Waals surface area contributed by atoms with Crippen LogP contribution in [0.15, 0.2) is 47.5 Å². The Morgan fingerprint density at radius 3 is 2.76 bits per heavy atom. The molecule has 0 fully saturated rings. The number of aryl methyl sites for hydroxylation is 1. The molecule has 0 atom stereocenters. The lowest BCUT2D eigenvalue weighted by Gasteiger charge is -2.14. The van der Waals surface area contributed by atoms with Crippen LogP contribution < -0.4 is 5.56 Å². The Balaban J connectivity index is 1.78. The average molecular weight is 507 g/mol. The number of ether oxygens (including phenoxy) is 1. The fraction of sp³-hybridized carbons (Fsp3) is 0.231. The lowest BCUT2D eigenvalue weighted by atomic mass is 10.1. The molecule has 0 radical (unpaired) electrons. The summed E-state index contributed by atoms with van der Waals surface area (Å²) in [6.07, 6.45) is 3.02. The minimum absolute atomic E-state index is 0.0188. The minimum atomic E-state index is -0.735. The number of nitrogens with zero attached hydrogens (tertiary/aromatic N) is 4. The predicted molar refractivity (Wildman–Crippen MR) is 134 cm³/mol. The van der Waals surface area contributed by atoms with Crippen LogP contribution in [0, 0.1) is 18.6 Å². The topological polar surface area (TPSA) is 109 Å². The number of rotatable bonds is 7. The fourth-order valence-corrected chi connectivity index (χ4v) is 4.27. The SMILES string of the molecule is Cc1nc2c(-c3ccc[nH]c3=O)c(C(=O)OCCN(C)C)n(Cc3cc4cn[nH]c4cc3F)c2cc1F. The molecular weight excluding hydrogens is 482 g/mol. The van der Waals surface area contributed by atoms with Crippen LogP contribution >= 0.6 is 0 Å². The number of carbonyl (C=O) groups is 1. The maximum absolute atomic E-state index is 15.1. The molecule has 0 saturated heterocycles. The third-order valence-electron chi connectivity index (χ3n) is 6.15. The first-order chi connectivity index (χ1) is 17.7. The van der Waals surface area contributed by atoms with Crippen molar-refractivity contribution in [1.82, 2.24) is 29.6 Å². The smallest absolute Gasteiger partial charge is 0.355 e. The van der Waals surface area contributed by atoms with Crippen LogP contribution in [0.1, 0.15) is 21.7 Å². The van der Waals surface area contributed by atoms with Crippen molar-refractivity contribution in [1.29, 1.82) is 0 Å². The van der Waals surface area contributed by atoms with Gasteiger partial charge in [-0.05, 0) is 45.3 Å². The summed E-state index contributed by atoms with van der Waals surface area (Å²) in [5, 5.41) is 7.32. The van der Waals surface area contributed by atoms with Gasteiger partial charge in [-0.15, -0.1) is 0 Å². The highest BCUT2D eigenvalue weighted by atomic mass is 19.1. The molecule has 4 heterocycles. The largest absolute Gasteiger partial charge is 0.460 e. The number of hydrogen-bond donors (Lipinski definition) is 2. The molecule has 9 nitrogen and oxygen atoms in total.